The number of nitrogens with zero attached hydrogens (tertiary/aromatic N) is 1. The summed E-state index contributed by atoms with van der Waals surface area (Å²) in [7, 11) is 1.61. The number of carbonyl (C=O) groups is 2. The molecular formula is C27H42N4O4. The minimum Gasteiger partial charge on any atom is -0.497 e. The Hall–Kier alpha value is -2.58. The van der Waals surface area contributed by atoms with Gasteiger partial charge in [-0.25, -0.2) is 4.79 Å². The van der Waals surface area contributed by atoms with E-state index in [2.05, 4.69) is 47.7 Å². The van der Waals surface area contributed by atoms with Gasteiger partial charge in [0.15, 0.2) is 0 Å². The molecule has 2 aliphatic rings. The number of carbonyl (C=O) groups excluding carboxylic acids is 2. The zero-order valence-electron chi connectivity index (χ0n) is 21.6. The maximum Gasteiger partial charge on any atom is 0.319 e. The number of anilines is 1. The average molecular weight is 487 g/mol. The Morgan fingerprint density at radius 1 is 1.14 bits per heavy atom. The molecule has 3 atom stereocenters. The van der Waals surface area contributed by atoms with Crippen molar-refractivity contribution in [2.45, 2.75) is 33.6 Å². The number of hydrogen-bond donors (Lipinski definition) is 3. The second-order valence-corrected chi connectivity index (χ2v) is 9.99. The number of urea groups is 1. The third-order valence-electron chi connectivity index (χ3n) is 7.22. The van der Waals surface area contributed by atoms with Gasteiger partial charge in [0.05, 0.1) is 20.3 Å². The molecule has 1 heterocycles. The molecule has 0 saturated carbocycles. The highest BCUT2D eigenvalue weighted by Crippen LogP contribution is 2.38. The zero-order valence-corrected chi connectivity index (χ0v) is 21.6. The predicted octanol–water partition coefficient (Wildman–Crippen LogP) is 3.51. The van der Waals surface area contributed by atoms with Crippen LogP contribution in [0.3, 0.4) is 0 Å². The minimum atomic E-state index is -0.217. The van der Waals surface area contributed by atoms with Gasteiger partial charge in [0.1, 0.15) is 5.75 Å². The van der Waals surface area contributed by atoms with Gasteiger partial charge in [-0.3, -0.25) is 9.69 Å². The van der Waals surface area contributed by atoms with E-state index >= 15 is 0 Å². The molecule has 8 heteroatoms. The Labute approximate surface area is 209 Å². The second-order valence-electron chi connectivity index (χ2n) is 9.99. The minimum absolute atomic E-state index is 0.119. The van der Waals surface area contributed by atoms with Crippen molar-refractivity contribution in [3.8, 4) is 5.75 Å². The van der Waals surface area contributed by atoms with Crippen LogP contribution in [0, 0.1) is 23.7 Å². The maximum atomic E-state index is 12.6. The van der Waals surface area contributed by atoms with Crippen molar-refractivity contribution in [1.29, 1.82) is 0 Å². The van der Waals surface area contributed by atoms with Gasteiger partial charge in [-0.1, -0.05) is 25.5 Å². The van der Waals surface area contributed by atoms with E-state index in [0.717, 1.165) is 50.7 Å². The first-order chi connectivity index (χ1) is 16.9. The molecule has 0 aromatic heterocycles. The van der Waals surface area contributed by atoms with Crippen LogP contribution >= 0.6 is 0 Å². The molecule has 1 fully saturated rings. The maximum absolute atomic E-state index is 12.6. The normalized spacial score (nSPS) is 22.9. The van der Waals surface area contributed by atoms with Crippen molar-refractivity contribution in [2.24, 2.45) is 23.7 Å². The second kappa shape index (κ2) is 13.5. The molecule has 3 unspecified atom stereocenters. The molecule has 3 N–H and O–H groups in total. The largest absolute Gasteiger partial charge is 0.497 e. The summed E-state index contributed by atoms with van der Waals surface area (Å²) in [5.41, 5.74) is 1.96. The Morgan fingerprint density at radius 3 is 2.51 bits per heavy atom. The van der Waals surface area contributed by atoms with E-state index in [1.165, 1.54) is 5.57 Å². The van der Waals surface area contributed by atoms with E-state index in [9.17, 15) is 9.59 Å². The van der Waals surface area contributed by atoms with Crippen LogP contribution < -0.4 is 20.7 Å². The van der Waals surface area contributed by atoms with Crippen LogP contribution in [0.25, 0.3) is 0 Å². The number of ether oxygens (including phenoxy) is 2. The third kappa shape index (κ3) is 8.54. The number of allylic oxidation sites excluding steroid dienone is 1. The topological polar surface area (TPSA) is 91.9 Å². The molecule has 35 heavy (non-hydrogen) atoms. The summed E-state index contributed by atoms with van der Waals surface area (Å²) in [6, 6.07) is 7.05. The van der Waals surface area contributed by atoms with E-state index in [-0.39, 0.29) is 23.8 Å². The fraction of sp³-hybridized carbons (Fsp3) is 0.630. The summed E-state index contributed by atoms with van der Waals surface area (Å²) < 4.78 is 10.5. The molecular weight excluding hydrogens is 444 g/mol. The monoisotopic (exact) mass is 486 g/mol. The van der Waals surface area contributed by atoms with Crippen LogP contribution in [0.5, 0.6) is 5.75 Å². The van der Waals surface area contributed by atoms with Crippen molar-refractivity contribution in [3.63, 3.8) is 0 Å². The van der Waals surface area contributed by atoms with Crippen LogP contribution in [-0.4, -0.2) is 69.9 Å². The quantitative estimate of drug-likeness (QED) is 0.440. The first-order valence-electron chi connectivity index (χ1n) is 12.8. The molecule has 1 aliphatic heterocycles. The molecule has 3 amide bonds. The highest BCUT2D eigenvalue weighted by Gasteiger charge is 2.32. The van der Waals surface area contributed by atoms with Crippen molar-refractivity contribution in [2.75, 3.05) is 58.4 Å². The third-order valence-corrected chi connectivity index (χ3v) is 7.22. The van der Waals surface area contributed by atoms with E-state index < -0.39 is 0 Å². The smallest absolute Gasteiger partial charge is 0.319 e. The molecule has 3 rings (SSSR count). The molecule has 0 radical (unpaired) electrons. The zero-order chi connectivity index (χ0) is 25.2. The lowest BCUT2D eigenvalue weighted by Crippen LogP contribution is -2.42. The van der Waals surface area contributed by atoms with Crippen LogP contribution in [0.1, 0.15) is 33.6 Å². The molecule has 1 aliphatic carbocycles. The molecule has 8 nitrogen and oxygen atoms in total. The SMILES string of the molecule is COc1ccc(NC(=O)NCC2C=C(C)C(CC(=O)NCCN3CCOCC3)CC2C(C)C)cc1. The van der Waals surface area contributed by atoms with Crippen molar-refractivity contribution in [3.05, 3.63) is 35.9 Å². The van der Waals surface area contributed by atoms with Gasteiger partial charge < -0.3 is 25.4 Å². The Kier molecular flexibility index (Phi) is 10.4. The number of nitrogens with one attached hydrogen (secondary N) is 3. The number of rotatable bonds is 10. The van der Waals surface area contributed by atoms with Crippen LogP contribution in [-0.2, 0) is 9.53 Å². The van der Waals surface area contributed by atoms with Gasteiger partial charge in [-0.2, -0.15) is 0 Å². The highest BCUT2D eigenvalue weighted by molar-refractivity contribution is 5.89. The van der Waals surface area contributed by atoms with Crippen LogP contribution in [0.4, 0.5) is 10.5 Å². The Balaban J connectivity index is 1.47. The number of hydrogen-bond acceptors (Lipinski definition) is 5. The fourth-order valence-corrected chi connectivity index (χ4v) is 5.04. The van der Waals surface area contributed by atoms with Crippen molar-refractivity contribution in [1.82, 2.24) is 15.5 Å². The lowest BCUT2D eigenvalue weighted by molar-refractivity contribution is -0.122. The molecule has 1 saturated heterocycles. The summed E-state index contributed by atoms with van der Waals surface area (Å²) >= 11 is 0. The van der Waals surface area contributed by atoms with E-state index in [1.807, 2.05) is 24.3 Å². The van der Waals surface area contributed by atoms with Gasteiger partial charge in [0.2, 0.25) is 5.91 Å². The van der Waals surface area contributed by atoms with Gasteiger partial charge in [-0.15, -0.1) is 0 Å². The first-order valence-corrected chi connectivity index (χ1v) is 12.8. The molecule has 0 bridgehead atoms. The Bertz CT molecular complexity index is 849. The predicted molar refractivity (Wildman–Crippen MR) is 139 cm³/mol. The first kappa shape index (κ1) is 27.0. The fourth-order valence-electron chi connectivity index (χ4n) is 5.04. The summed E-state index contributed by atoms with van der Waals surface area (Å²) in [5, 5.41) is 9.01. The van der Waals surface area contributed by atoms with Crippen molar-refractivity contribution >= 4 is 17.6 Å². The lowest BCUT2D eigenvalue weighted by Gasteiger charge is -2.37. The van der Waals surface area contributed by atoms with E-state index in [0.29, 0.717) is 31.3 Å². The number of methoxy groups -OCH3 is 1. The standard InChI is InChI=1S/C27H42N4O4/c1-19(2)25-16-21(17-26(32)28-9-10-31-11-13-35-14-12-31)20(3)15-22(25)18-29-27(33)30-23-5-7-24(34-4)8-6-23/h5-8,15,19,21-22,25H,9-14,16-18H2,1-4H3,(H,28,32)(H2,29,30,33). The summed E-state index contributed by atoms with van der Waals surface area (Å²) in [5.74, 6) is 2.23. The number of benzene rings is 1. The molecule has 0 spiro atoms. The van der Waals surface area contributed by atoms with E-state index in [4.69, 9.17) is 9.47 Å². The van der Waals surface area contributed by atoms with Crippen LogP contribution in [0.15, 0.2) is 35.9 Å². The van der Waals surface area contributed by atoms with E-state index in [1.54, 1.807) is 7.11 Å². The van der Waals surface area contributed by atoms with Gasteiger partial charge >= 0.3 is 6.03 Å². The molecule has 1 aromatic carbocycles. The summed E-state index contributed by atoms with van der Waals surface area (Å²) in [6.45, 7) is 12.1. The van der Waals surface area contributed by atoms with Crippen LogP contribution in [0.2, 0.25) is 0 Å². The van der Waals surface area contributed by atoms with Gasteiger partial charge in [0.25, 0.3) is 0 Å². The van der Waals surface area contributed by atoms with Crippen molar-refractivity contribution < 1.29 is 19.1 Å². The lowest BCUT2D eigenvalue weighted by atomic mass is 9.70. The summed E-state index contributed by atoms with van der Waals surface area (Å²) in [4.78, 5) is 27.4. The highest BCUT2D eigenvalue weighted by atomic mass is 16.5. The van der Waals surface area contributed by atoms with Gasteiger partial charge in [-0.05, 0) is 61.3 Å². The Morgan fingerprint density at radius 2 is 1.86 bits per heavy atom. The van der Waals surface area contributed by atoms with Gasteiger partial charge in [0, 0.05) is 44.8 Å². The average Bonchev–Trinajstić information content (AvgIpc) is 2.85. The molecule has 1 aromatic rings. The number of amides is 3. The molecule has 194 valence electrons. The number of morpholine rings is 1. The summed E-state index contributed by atoms with van der Waals surface area (Å²) in [6.07, 6.45) is 3.75.